The van der Waals surface area contributed by atoms with Crippen LogP contribution in [0.3, 0.4) is 0 Å². The van der Waals surface area contributed by atoms with Gasteiger partial charge in [-0.25, -0.2) is 0 Å². The lowest BCUT2D eigenvalue weighted by molar-refractivity contribution is -0.130. The smallest absolute Gasteiger partial charge is 0.236 e. The molecule has 22 heavy (non-hydrogen) atoms. The van der Waals surface area contributed by atoms with Crippen molar-refractivity contribution in [2.24, 2.45) is 0 Å². The summed E-state index contributed by atoms with van der Waals surface area (Å²) in [4.78, 5) is 19.9. The summed E-state index contributed by atoms with van der Waals surface area (Å²) in [5, 5.41) is 13.7. The molecule has 1 aromatic rings. The number of rotatable bonds is 7. The number of nitrogens with one attached hydrogen (secondary N) is 1. The second-order valence-electron chi connectivity index (χ2n) is 5.98. The summed E-state index contributed by atoms with van der Waals surface area (Å²) in [5.41, 5.74) is 0.369. The molecule has 1 aliphatic heterocycles. The first-order valence-electron chi connectivity index (χ1n) is 7.82. The van der Waals surface area contributed by atoms with Crippen LogP contribution in [0.2, 0.25) is 0 Å². The molecule has 122 valence electrons. The first-order chi connectivity index (χ1) is 10.6. The van der Waals surface area contributed by atoms with Gasteiger partial charge in [-0.1, -0.05) is 6.92 Å². The van der Waals surface area contributed by atoms with Crippen molar-refractivity contribution in [3.05, 3.63) is 30.1 Å². The van der Waals surface area contributed by atoms with Gasteiger partial charge in [-0.3, -0.25) is 14.7 Å². The molecule has 2 heterocycles. The average Bonchev–Trinajstić information content (AvgIpc) is 2.90. The number of carbonyl (C=O) groups is 1. The molecule has 2 rings (SSSR count). The molecular weight excluding hydrogens is 280 g/mol. The first kappa shape index (κ1) is 16.9. The van der Waals surface area contributed by atoms with E-state index in [0.29, 0.717) is 32.6 Å². The van der Waals surface area contributed by atoms with Crippen molar-refractivity contribution >= 4 is 5.91 Å². The van der Waals surface area contributed by atoms with Gasteiger partial charge < -0.3 is 15.3 Å². The molecule has 0 saturated carbocycles. The van der Waals surface area contributed by atoms with E-state index in [4.69, 9.17) is 0 Å². The average molecular weight is 306 g/mol. The Morgan fingerprint density at radius 1 is 1.50 bits per heavy atom. The number of nitrogens with zero attached hydrogens (tertiary/aromatic N) is 3. The van der Waals surface area contributed by atoms with Gasteiger partial charge in [0.05, 0.1) is 18.7 Å². The predicted molar refractivity (Wildman–Crippen MR) is 85.3 cm³/mol. The molecule has 1 saturated heterocycles. The van der Waals surface area contributed by atoms with Crippen LogP contribution < -0.4 is 5.32 Å². The molecule has 1 aliphatic rings. The van der Waals surface area contributed by atoms with Gasteiger partial charge in [0, 0.05) is 32.0 Å². The summed E-state index contributed by atoms with van der Waals surface area (Å²) in [7, 11) is 1.76. The highest BCUT2D eigenvalue weighted by Gasteiger charge is 2.38. The molecule has 6 nitrogen and oxygen atoms in total. The van der Waals surface area contributed by atoms with Crippen LogP contribution in [0.5, 0.6) is 0 Å². The lowest BCUT2D eigenvalue weighted by atomic mass is 10.0. The third kappa shape index (κ3) is 4.50. The van der Waals surface area contributed by atoms with Gasteiger partial charge in [-0.2, -0.15) is 0 Å². The molecule has 1 amide bonds. The number of hydrogen-bond acceptors (Lipinski definition) is 5. The Hall–Kier alpha value is -1.50. The van der Waals surface area contributed by atoms with E-state index in [0.717, 1.165) is 13.1 Å². The topological polar surface area (TPSA) is 68.7 Å². The van der Waals surface area contributed by atoms with Gasteiger partial charge in [0.15, 0.2) is 0 Å². The van der Waals surface area contributed by atoms with Gasteiger partial charge in [-0.15, -0.1) is 0 Å². The highest BCUT2D eigenvalue weighted by molar-refractivity contribution is 5.78. The fourth-order valence-electron chi connectivity index (χ4n) is 2.90. The molecule has 1 atom stereocenters. The van der Waals surface area contributed by atoms with E-state index in [-0.39, 0.29) is 5.91 Å². The lowest BCUT2D eigenvalue weighted by Gasteiger charge is -2.30. The molecule has 6 heteroatoms. The van der Waals surface area contributed by atoms with Crippen molar-refractivity contribution < 1.29 is 9.90 Å². The maximum Gasteiger partial charge on any atom is 0.236 e. The molecule has 0 aromatic carbocycles. The van der Waals surface area contributed by atoms with Crippen LogP contribution in [-0.4, -0.2) is 71.2 Å². The zero-order valence-electron chi connectivity index (χ0n) is 13.5. The molecule has 1 aromatic heterocycles. The number of carbonyl (C=O) groups excluding carboxylic acids is 1. The zero-order valence-corrected chi connectivity index (χ0v) is 13.5. The maximum atomic E-state index is 11.9. The predicted octanol–water partition coefficient (Wildman–Crippen LogP) is 0.0863. The van der Waals surface area contributed by atoms with Crippen LogP contribution in [0.4, 0.5) is 0 Å². The van der Waals surface area contributed by atoms with E-state index in [2.05, 4.69) is 22.1 Å². The van der Waals surface area contributed by atoms with Crippen molar-refractivity contribution in [3.63, 3.8) is 0 Å². The number of amides is 1. The second-order valence-corrected chi connectivity index (χ2v) is 5.98. The summed E-state index contributed by atoms with van der Waals surface area (Å²) in [6.07, 6.45) is 4.20. The highest BCUT2D eigenvalue weighted by atomic mass is 16.3. The zero-order chi connectivity index (χ0) is 16.0. The standard InChI is InChI=1S/C16H26N4O2/c1-3-19(11-14-4-7-18-8-5-14)12-16(22)6-9-20(13-16)15(21)10-17-2/h4-5,7-8,17,22H,3,6,9-13H2,1-2H3/t16-/m1/s1. The Morgan fingerprint density at radius 2 is 2.23 bits per heavy atom. The van der Waals surface area contributed by atoms with Gasteiger partial charge in [-0.05, 0) is 37.7 Å². The Bertz CT molecular complexity index is 482. The van der Waals surface area contributed by atoms with E-state index < -0.39 is 5.60 Å². The summed E-state index contributed by atoms with van der Waals surface area (Å²) in [5.74, 6) is 0.0515. The third-order valence-corrected chi connectivity index (χ3v) is 4.13. The van der Waals surface area contributed by atoms with Crippen LogP contribution in [0.1, 0.15) is 18.9 Å². The summed E-state index contributed by atoms with van der Waals surface area (Å²) in [6, 6.07) is 3.98. The van der Waals surface area contributed by atoms with Crippen molar-refractivity contribution in [2.75, 3.05) is 39.8 Å². The van der Waals surface area contributed by atoms with Gasteiger partial charge in [0.2, 0.25) is 5.91 Å². The van der Waals surface area contributed by atoms with Crippen LogP contribution in [-0.2, 0) is 11.3 Å². The SMILES string of the molecule is CCN(Cc1ccncc1)C[C@]1(O)CCN(C(=O)CNC)C1. The van der Waals surface area contributed by atoms with E-state index >= 15 is 0 Å². The number of likely N-dealkylation sites (tertiary alicyclic amines) is 1. The summed E-state index contributed by atoms with van der Waals surface area (Å²) < 4.78 is 0. The quantitative estimate of drug-likeness (QED) is 0.747. The van der Waals surface area contributed by atoms with Crippen molar-refractivity contribution in [1.82, 2.24) is 20.1 Å². The van der Waals surface area contributed by atoms with Crippen molar-refractivity contribution in [3.8, 4) is 0 Å². The van der Waals surface area contributed by atoms with Gasteiger partial charge in [0.25, 0.3) is 0 Å². The number of pyridine rings is 1. The monoisotopic (exact) mass is 306 g/mol. The van der Waals surface area contributed by atoms with Crippen molar-refractivity contribution in [1.29, 1.82) is 0 Å². The molecule has 0 aliphatic carbocycles. The van der Waals surface area contributed by atoms with Gasteiger partial charge in [0.1, 0.15) is 0 Å². The number of aromatic nitrogens is 1. The van der Waals surface area contributed by atoms with Crippen LogP contribution >= 0.6 is 0 Å². The van der Waals surface area contributed by atoms with Crippen LogP contribution in [0, 0.1) is 0 Å². The summed E-state index contributed by atoms with van der Waals surface area (Å²) in [6.45, 7) is 5.67. The van der Waals surface area contributed by atoms with Crippen LogP contribution in [0.15, 0.2) is 24.5 Å². The minimum Gasteiger partial charge on any atom is -0.387 e. The lowest BCUT2D eigenvalue weighted by Crippen LogP contribution is -2.46. The molecular formula is C16H26N4O2. The molecule has 0 bridgehead atoms. The minimum absolute atomic E-state index is 0.0515. The Labute approximate surface area is 132 Å². The van der Waals surface area contributed by atoms with E-state index in [1.807, 2.05) is 12.1 Å². The largest absolute Gasteiger partial charge is 0.387 e. The minimum atomic E-state index is -0.813. The third-order valence-electron chi connectivity index (χ3n) is 4.13. The molecule has 1 fully saturated rings. The van der Waals surface area contributed by atoms with Crippen molar-refractivity contribution in [2.45, 2.75) is 25.5 Å². The summed E-state index contributed by atoms with van der Waals surface area (Å²) >= 11 is 0. The number of hydrogen-bond donors (Lipinski definition) is 2. The van der Waals surface area contributed by atoms with Crippen LogP contribution in [0.25, 0.3) is 0 Å². The van der Waals surface area contributed by atoms with Gasteiger partial charge >= 0.3 is 0 Å². The normalized spacial score (nSPS) is 21.5. The first-order valence-corrected chi connectivity index (χ1v) is 7.82. The van der Waals surface area contributed by atoms with E-state index in [1.165, 1.54) is 5.56 Å². The van der Waals surface area contributed by atoms with E-state index in [9.17, 15) is 9.90 Å². The Morgan fingerprint density at radius 3 is 2.86 bits per heavy atom. The highest BCUT2D eigenvalue weighted by Crippen LogP contribution is 2.23. The molecule has 0 unspecified atom stereocenters. The molecule has 2 N–H and O–H groups in total. The number of likely N-dealkylation sites (N-methyl/N-ethyl adjacent to an activating group) is 2. The van der Waals surface area contributed by atoms with E-state index in [1.54, 1.807) is 24.3 Å². The number of aliphatic hydroxyl groups is 1. The fourth-order valence-corrected chi connectivity index (χ4v) is 2.90. The Kier molecular flexibility index (Phi) is 5.88. The second kappa shape index (κ2) is 7.67. The molecule has 0 spiro atoms. The maximum absolute atomic E-state index is 11.9. The molecule has 0 radical (unpaired) electrons. The fraction of sp³-hybridized carbons (Fsp3) is 0.625. The number of β-amino-alcohol motifs (C(OH)–C–C–N with tert-alkyl or cyclic N) is 1. The Balaban J connectivity index is 1.92.